The lowest BCUT2D eigenvalue weighted by Crippen LogP contribution is -2.44. The Bertz CT molecular complexity index is 1450. The zero-order valence-electron chi connectivity index (χ0n) is 27.3. The Morgan fingerprint density at radius 1 is 1.02 bits per heavy atom. The summed E-state index contributed by atoms with van der Waals surface area (Å²) in [6, 6.07) is 21.3. The van der Waals surface area contributed by atoms with Crippen molar-refractivity contribution in [2.24, 2.45) is 5.41 Å². The van der Waals surface area contributed by atoms with Crippen LogP contribution in [0.3, 0.4) is 0 Å². The van der Waals surface area contributed by atoms with Crippen LogP contribution in [0.2, 0.25) is 5.02 Å². The summed E-state index contributed by atoms with van der Waals surface area (Å²) in [5, 5.41) is 10.2. The fourth-order valence-corrected chi connectivity index (χ4v) is 5.82. The summed E-state index contributed by atoms with van der Waals surface area (Å²) in [7, 11) is 3.68. The van der Waals surface area contributed by atoms with Crippen LogP contribution in [0.1, 0.15) is 62.8 Å². The minimum atomic E-state index is -1.22. The highest BCUT2D eigenvalue weighted by atomic mass is 35.5. The van der Waals surface area contributed by atoms with Crippen LogP contribution in [0.15, 0.2) is 66.7 Å². The predicted molar refractivity (Wildman–Crippen MR) is 185 cm³/mol. The molecule has 0 unspecified atom stereocenters. The van der Waals surface area contributed by atoms with Gasteiger partial charge in [-0.3, -0.25) is 9.59 Å². The van der Waals surface area contributed by atoms with E-state index in [0.717, 1.165) is 32.4 Å². The van der Waals surface area contributed by atoms with Crippen LogP contribution in [0.5, 0.6) is 11.5 Å². The quantitative estimate of drug-likeness (QED) is 0.178. The Kier molecular flexibility index (Phi) is 13.8. The number of methoxy groups -OCH3 is 1. The number of amides is 1. The lowest BCUT2D eigenvalue weighted by Gasteiger charge is -2.31. The SMILES string of the molecule is COc1c(OCCCN(C)CCCc2ccccc2)cccc1[C@@H]1O[C@@H](CC(=O)O)C(=O)N(CC(C)(C)C)c2ccc(Cl)cc21.Cl. The van der Waals surface area contributed by atoms with E-state index in [1.807, 2.05) is 45.0 Å². The first-order valence-electron chi connectivity index (χ1n) is 15.5. The molecule has 46 heavy (non-hydrogen) atoms. The standard InChI is InChI=1S/C36H45ClN2O6.ClH/c1-36(2,3)24-39-29-18-17-26(37)22-28(29)33(45-31(35(39)42)23-32(40)41)27-15-9-16-30(34(27)43-5)44-21-11-20-38(4)19-10-14-25-12-7-6-8-13-25;/h6-9,12-13,15-18,22,31,33H,10-11,14,19-21,23-24H2,1-5H3,(H,40,41);1H/t31-,33-;/m0./s1. The van der Waals surface area contributed by atoms with Crippen molar-refractivity contribution < 1.29 is 28.9 Å². The molecular weight excluding hydrogens is 627 g/mol. The summed E-state index contributed by atoms with van der Waals surface area (Å²) < 4.78 is 18.5. The van der Waals surface area contributed by atoms with Crippen molar-refractivity contribution in [3.05, 3.63) is 88.4 Å². The number of hydrogen-bond acceptors (Lipinski definition) is 6. The molecule has 0 fully saturated rings. The molecule has 1 aliphatic heterocycles. The largest absolute Gasteiger partial charge is 0.492 e. The third-order valence-corrected chi connectivity index (χ3v) is 7.92. The molecule has 0 radical (unpaired) electrons. The number of ether oxygens (including phenoxy) is 3. The molecular formula is C36H46Cl2N2O6. The zero-order chi connectivity index (χ0) is 32.6. The molecule has 1 heterocycles. The second-order valence-corrected chi connectivity index (χ2v) is 13.2. The third kappa shape index (κ3) is 10.1. The zero-order valence-corrected chi connectivity index (χ0v) is 28.9. The number of carbonyl (C=O) groups is 2. The Labute approximate surface area is 284 Å². The summed E-state index contributed by atoms with van der Waals surface area (Å²) in [6.07, 6.45) is 0.442. The maximum Gasteiger partial charge on any atom is 0.306 e. The van der Waals surface area contributed by atoms with Crippen LogP contribution in [-0.4, -0.2) is 68.4 Å². The van der Waals surface area contributed by atoms with E-state index < -0.39 is 30.5 Å². The summed E-state index contributed by atoms with van der Waals surface area (Å²) >= 11 is 6.49. The van der Waals surface area contributed by atoms with Crippen LogP contribution >= 0.6 is 24.0 Å². The van der Waals surface area contributed by atoms with Crippen LogP contribution in [0, 0.1) is 5.41 Å². The van der Waals surface area contributed by atoms with Gasteiger partial charge in [-0.1, -0.05) is 74.8 Å². The van der Waals surface area contributed by atoms with Gasteiger partial charge in [0, 0.05) is 34.9 Å². The average molecular weight is 674 g/mol. The number of nitrogens with zero attached hydrogens (tertiary/aromatic N) is 2. The first-order valence-corrected chi connectivity index (χ1v) is 15.8. The van der Waals surface area contributed by atoms with Gasteiger partial charge in [-0.2, -0.15) is 0 Å². The van der Waals surface area contributed by atoms with Gasteiger partial charge in [0.25, 0.3) is 5.91 Å². The first kappa shape index (κ1) is 37.2. The Hall–Kier alpha value is -3.30. The Morgan fingerprint density at radius 2 is 1.74 bits per heavy atom. The number of benzene rings is 3. The number of carboxylic acid groups (broad SMARTS) is 1. The van der Waals surface area contributed by atoms with Gasteiger partial charge in [0.05, 0.1) is 20.1 Å². The number of carboxylic acids is 1. The minimum absolute atomic E-state index is 0. The maximum absolute atomic E-state index is 13.8. The van der Waals surface area contributed by atoms with Gasteiger partial charge in [-0.05, 0) is 68.1 Å². The van der Waals surface area contributed by atoms with Gasteiger partial charge in [0.1, 0.15) is 12.2 Å². The summed E-state index contributed by atoms with van der Waals surface area (Å²) in [4.78, 5) is 29.6. The first-order chi connectivity index (χ1) is 21.5. The van der Waals surface area contributed by atoms with Crippen molar-refractivity contribution in [3.8, 4) is 11.5 Å². The van der Waals surface area contributed by atoms with Crippen molar-refractivity contribution in [3.63, 3.8) is 0 Å². The van der Waals surface area contributed by atoms with Crippen molar-refractivity contribution in [1.29, 1.82) is 0 Å². The van der Waals surface area contributed by atoms with E-state index in [-0.39, 0.29) is 17.8 Å². The molecule has 0 saturated carbocycles. The molecule has 3 aromatic rings. The summed E-state index contributed by atoms with van der Waals surface area (Å²) in [5.41, 5.74) is 2.99. The molecule has 8 nitrogen and oxygen atoms in total. The van der Waals surface area contributed by atoms with Crippen LogP contribution < -0.4 is 14.4 Å². The van der Waals surface area contributed by atoms with Crippen LogP contribution in [0.4, 0.5) is 5.69 Å². The number of rotatable bonds is 14. The van der Waals surface area contributed by atoms with E-state index in [2.05, 4.69) is 36.2 Å². The highest BCUT2D eigenvalue weighted by Gasteiger charge is 2.40. The molecule has 10 heteroatoms. The summed E-state index contributed by atoms with van der Waals surface area (Å²) in [6.45, 7) is 8.81. The van der Waals surface area contributed by atoms with Crippen molar-refractivity contribution >= 4 is 41.6 Å². The number of anilines is 1. The van der Waals surface area contributed by atoms with Crippen molar-refractivity contribution in [2.45, 2.75) is 58.7 Å². The Balaban J connectivity index is 0.00000576. The molecule has 1 N–H and O–H groups in total. The number of aliphatic carboxylic acids is 1. The van der Waals surface area contributed by atoms with E-state index in [4.69, 9.17) is 25.8 Å². The fraction of sp³-hybridized carbons (Fsp3) is 0.444. The van der Waals surface area contributed by atoms with E-state index in [0.29, 0.717) is 46.5 Å². The number of halogens is 2. The molecule has 0 aliphatic carbocycles. The average Bonchev–Trinajstić information content (AvgIpc) is 3.09. The number of para-hydroxylation sites is 1. The fourth-order valence-electron chi connectivity index (χ4n) is 5.64. The third-order valence-electron chi connectivity index (χ3n) is 7.68. The highest BCUT2D eigenvalue weighted by molar-refractivity contribution is 6.30. The van der Waals surface area contributed by atoms with Crippen LogP contribution in [-0.2, 0) is 20.7 Å². The topological polar surface area (TPSA) is 88.5 Å². The second kappa shape index (κ2) is 17.0. The van der Waals surface area contributed by atoms with Crippen LogP contribution in [0.25, 0.3) is 0 Å². The van der Waals surface area contributed by atoms with Gasteiger partial charge in [0.15, 0.2) is 11.5 Å². The number of carbonyl (C=O) groups excluding carboxylic acids is 1. The lowest BCUT2D eigenvalue weighted by molar-refractivity contribution is -0.147. The summed E-state index contributed by atoms with van der Waals surface area (Å²) in [5.74, 6) is -0.514. The molecule has 1 amide bonds. The van der Waals surface area contributed by atoms with Crippen molar-refractivity contribution in [2.75, 3.05) is 45.3 Å². The second-order valence-electron chi connectivity index (χ2n) is 12.8. The molecule has 1 aliphatic rings. The monoisotopic (exact) mass is 672 g/mol. The van der Waals surface area contributed by atoms with E-state index in [1.54, 1.807) is 30.2 Å². The van der Waals surface area contributed by atoms with Gasteiger partial charge in [0.2, 0.25) is 0 Å². The predicted octanol–water partition coefficient (Wildman–Crippen LogP) is 7.45. The van der Waals surface area contributed by atoms with E-state index in [1.165, 1.54) is 5.56 Å². The lowest BCUT2D eigenvalue weighted by atomic mass is 9.94. The smallest absolute Gasteiger partial charge is 0.306 e. The van der Waals surface area contributed by atoms with E-state index >= 15 is 0 Å². The molecule has 3 aromatic carbocycles. The van der Waals surface area contributed by atoms with Gasteiger partial charge in [-0.15, -0.1) is 12.4 Å². The molecule has 2 atom stereocenters. The van der Waals surface area contributed by atoms with Gasteiger partial charge >= 0.3 is 5.97 Å². The van der Waals surface area contributed by atoms with Gasteiger partial charge < -0.3 is 29.1 Å². The van der Waals surface area contributed by atoms with Gasteiger partial charge in [-0.25, -0.2) is 0 Å². The molecule has 0 spiro atoms. The molecule has 4 rings (SSSR count). The van der Waals surface area contributed by atoms with E-state index in [9.17, 15) is 14.7 Å². The maximum atomic E-state index is 13.8. The minimum Gasteiger partial charge on any atom is -0.492 e. The number of hydrogen-bond donors (Lipinski definition) is 1. The number of fused-ring (bicyclic) bond motifs is 1. The molecule has 0 bridgehead atoms. The molecule has 250 valence electrons. The normalized spacial score (nSPS) is 16.4. The van der Waals surface area contributed by atoms with Crippen molar-refractivity contribution in [1.82, 2.24) is 4.90 Å². The highest BCUT2D eigenvalue weighted by Crippen LogP contribution is 2.45. The molecule has 0 saturated heterocycles. The number of aryl methyl sites for hydroxylation is 1. The molecule has 0 aromatic heterocycles. The Morgan fingerprint density at radius 3 is 2.41 bits per heavy atom.